The van der Waals surface area contributed by atoms with Crippen molar-refractivity contribution in [1.82, 2.24) is 19.1 Å². The van der Waals surface area contributed by atoms with Gasteiger partial charge >= 0.3 is 11.9 Å². The van der Waals surface area contributed by atoms with E-state index in [4.69, 9.17) is 21.3 Å². The lowest BCUT2D eigenvalue weighted by atomic mass is 10.5. The number of nitriles is 1. The monoisotopic (exact) mass is 627 g/mol. The Morgan fingerprint density at radius 1 is 0.976 bits per heavy atom. The third-order valence-corrected chi connectivity index (χ3v) is 8.51. The molecule has 0 bridgehead atoms. The van der Waals surface area contributed by atoms with E-state index in [9.17, 15) is 9.59 Å². The van der Waals surface area contributed by atoms with Crippen molar-refractivity contribution < 1.29 is 35.1 Å². The van der Waals surface area contributed by atoms with E-state index in [1.165, 1.54) is 31.2 Å². The molecule has 0 amide bonds. The third kappa shape index (κ3) is 16.2. The van der Waals surface area contributed by atoms with Gasteiger partial charge in [-0.1, -0.05) is 65.7 Å². The second-order valence-corrected chi connectivity index (χ2v) is 22.2. The lowest BCUT2D eigenvalue weighted by Crippen LogP contribution is -2.22. The Bertz CT molecular complexity index is 1170. The minimum atomic E-state index is -1.13. The number of ether oxygens (including phenoxy) is 4. The highest BCUT2D eigenvalue weighted by atomic mass is 28.3. The number of nitrogens with zero attached hydrogens (tertiary/aromatic N) is 6. The number of carbonyl (C=O) groups excluding carboxylic acids is 2. The average Bonchev–Trinajstić information content (AvgIpc) is 3.52. The fourth-order valence-electron chi connectivity index (χ4n) is 2.78. The molecule has 0 fully saturated rings. The molecule has 0 saturated heterocycles. The van der Waals surface area contributed by atoms with Crippen LogP contribution in [0, 0.1) is 11.3 Å². The summed E-state index contributed by atoms with van der Waals surface area (Å²) in [6.07, 6.45) is 4.13. The zero-order chi connectivity index (χ0) is 32.3. The first-order valence-electron chi connectivity index (χ1n) is 13.7. The average molecular weight is 628 g/mol. The highest BCUT2D eigenvalue weighted by molar-refractivity contribution is 6.76. The zero-order valence-corrected chi connectivity index (χ0v) is 27.8. The summed E-state index contributed by atoms with van der Waals surface area (Å²) >= 11 is 0. The number of carbonyl (C=O) groups is 2. The molecule has 0 radical (unpaired) electrons. The van der Waals surface area contributed by atoms with Crippen LogP contribution in [0.1, 0.15) is 55.2 Å². The standard InChI is InChI=1S/C12H21N3O4Si.C12H19N3O3Si.C2H6.CH4/c1-18-12(16)10-8-15(11(14-10)7-13-17)9-19-5-6-20(2,3)4;1-17-12(16)10-8-15(11(7-13)14-10)9-18-5-6-19(2,3)4;1-2;/h7-8,17H,5-6,9H2,1-4H3;8H,5-6,9H2,1-4H3;1-2H3;1H4/b13-7+;;;/i;;1D;. The molecule has 15 heteroatoms. The van der Waals surface area contributed by atoms with Crippen molar-refractivity contribution in [2.45, 2.75) is 86.1 Å². The summed E-state index contributed by atoms with van der Waals surface area (Å²) in [6, 6.07) is 4.02. The van der Waals surface area contributed by atoms with E-state index in [1.54, 1.807) is 11.5 Å². The van der Waals surface area contributed by atoms with Gasteiger partial charge in [-0.25, -0.2) is 19.6 Å². The predicted molar refractivity (Wildman–Crippen MR) is 168 cm³/mol. The van der Waals surface area contributed by atoms with Crippen LogP contribution >= 0.6 is 0 Å². The van der Waals surface area contributed by atoms with Gasteiger partial charge in [-0.3, -0.25) is 4.57 Å². The molecule has 0 atom stereocenters. The van der Waals surface area contributed by atoms with Crippen LogP contribution in [-0.2, 0) is 32.4 Å². The van der Waals surface area contributed by atoms with Gasteiger partial charge in [0.25, 0.3) is 0 Å². The van der Waals surface area contributed by atoms with E-state index in [0.717, 1.165) is 18.3 Å². The van der Waals surface area contributed by atoms with Crippen LogP contribution in [0.2, 0.25) is 51.4 Å². The smallest absolute Gasteiger partial charge is 0.358 e. The molecule has 0 spiro atoms. The number of aromatic nitrogens is 4. The summed E-state index contributed by atoms with van der Waals surface area (Å²) in [6.45, 7) is 17.7. The van der Waals surface area contributed by atoms with Crippen molar-refractivity contribution in [2.75, 3.05) is 27.4 Å². The molecule has 2 rings (SSSR count). The largest absolute Gasteiger partial charge is 0.464 e. The minimum absolute atomic E-state index is 0. The highest BCUT2D eigenvalue weighted by Gasteiger charge is 2.17. The summed E-state index contributed by atoms with van der Waals surface area (Å²) in [5, 5.41) is 20.5. The molecule has 0 unspecified atom stereocenters. The molecular weight excluding hydrogens is 577 g/mol. The fraction of sp³-hybridized carbons (Fsp3) is 0.630. The lowest BCUT2D eigenvalue weighted by molar-refractivity contribution is 0.0584. The van der Waals surface area contributed by atoms with Gasteiger partial charge in [0.15, 0.2) is 17.2 Å². The molecule has 0 aliphatic rings. The van der Waals surface area contributed by atoms with Crippen LogP contribution < -0.4 is 0 Å². The van der Waals surface area contributed by atoms with Crippen LogP contribution in [0.25, 0.3) is 0 Å². The summed E-state index contributed by atoms with van der Waals surface area (Å²) < 4.78 is 29.6. The van der Waals surface area contributed by atoms with Gasteiger partial charge in [-0.05, 0) is 12.1 Å². The van der Waals surface area contributed by atoms with E-state index in [-0.39, 0.29) is 38.1 Å². The van der Waals surface area contributed by atoms with Gasteiger partial charge in [0.2, 0.25) is 5.82 Å². The Balaban J connectivity index is 0. The van der Waals surface area contributed by atoms with Gasteiger partial charge in [0.1, 0.15) is 25.7 Å². The molecule has 13 nitrogen and oxygen atoms in total. The molecule has 0 saturated carbocycles. The summed E-state index contributed by atoms with van der Waals surface area (Å²) in [4.78, 5) is 30.6. The Morgan fingerprint density at radius 3 is 1.81 bits per heavy atom. The number of imidazole rings is 2. The first kappa shape index (κ1) is 38.7. The molecule has 1 N–H and O–H groups in total. The van der Waals surface area contributed by atoms with Crippen molar-refractivity contribution in [3.8, 4) is 6.07 Å². The molecular formula is C27H50N6O7Si2. The number of hydrogen-bond donors (Lipinski definition) is 1. The third-order valence-electron chi connectivity index (χ3n) is 5.10. The van der Waals surface area contributed by atoms with E-state index in [2.05, 4.69) is 63.9 Å². The Hall–Kier alpha value is -3.33. The summed E-state index contributed by atoms with van der Waals surface area (Å²) in [5.41, 5.74) is 0.268. The first-order valence-corrected chi connectivity index (χ1v) is 20.4. The van der Waals surface area contributed by atoms with Crippen molar-refractivity contribution in [2.24, 2.45) is 5.16 Å². The second kappa shape index (κ2) is 20.5. The molecule has 0 aliphatic heterocycles. The van der Waals surface area contributed by atoms with Crippen molar-refractivity contribution >= 4 is 34.3 Å². The van der Waals surface area contributed by atoms with Crippen molar-refractivity contribution in [1.29, 1.82) is 5.26 Å². The molecule has 2 aromatic heterocycles. The topological polar surface area (TPSA) is 163 Å². The lowest BCUT2D eigenvalue weighted by Gasteiger charge is -2.15. The van der Waals surface area contributed by atoms with Crippen LogP contribution in [-0.4, -0.2) is 86.0 Å². The van der Waals surface area contributed by atoms with E-state index >= 15 is 0 Å². The molecule has 0 aromatic carbocycles. The normalized spacial score (nSPS) is 11.2. The van der Waals surface area contributed by atoms with Crippen LogP contribution in [0.3, 0.4) is 0 Å². The fourth-order valence-corrected chi connectivity index (χ4v) is 4.29. The molecule has 0 aliphatic carbocycles. The van der Waals surface area contributed by atoms with Gasteiger partial charge in [-0.2, -0.15) is 5.26 Å². The van der Waals surface area contributed by atoms with Crippen molar-refractivity contribution in [3.05, 3.63) is 35.4 Å². The van der Waals surface area contributed by atoms with Gasteiger partial charge in [-0.15, -0.1) is 0 Å². The molecule has 42 heavy (non-hydrogen) atoms. The SMILES string of the molecule is C.COC(=O)c1cn(COCC[Si](C)(C)C)c(/C=N/O)n1.COC(=O)c1cn(COCC[Si](C)(C)C)c(C#N)n1.[2H]CC. The number of methoxy groups -OCH3 is 2. The number of oxime groups is 1. The molecule has 238 valence electrons. The van der Waals surface area contributed by atoms with Crippen LogP contribution in [0.4, 0.5) is 0 Å². The molecule has 2 aromatic rings. The maximum absolute atomic E-state index is 11.4. The van der Waals surface area contributed by atoms with E-state index in [1.807, 2.05) is 6.07 Å². The number of rotatable bonds is 13. The first-order chi connectivity index (χ1) is 19.7. The van der Waals surface area contributed by atoms with Gasteiger partial charge in [0.05, 0.1) is 14.2 Å². The van der Waals surface area contributed by atoms with E-state index < -0.39 is 28.1 Å². The maximum atomic E-state index is 11.4. The maximum Gasteiger partial charge on any atom is 0.358 e. The summed E-state index contributed by atoms with van der Waals surface area (Å²) in [7, 11) is 0.301. The van der Waals surface area contributed by atoms with Crippen LogP contribution in [0.5, 0.6) is 0 Å². The zero-order valence-electron chi connectivity index (χ0n) is 26.8. The highest BCUT2D eigenvalue weighted by Crippen LogP contribution is 2.10. The number of esters is 2. The quantitative estimate of drug-likeness (QED) is 0.0769. The van der Waals surface area contributed by atoms with Crippen LogP contribution in [0.15, 0.2) is 17.5 Å². The summed E-state index contributed by atoms with van der Waals surface area (Å²) in [5.74, 6) is -0.620. The second-order valence-electron chi connectivity index (χ2n) is 10.9. The van der Waals surface area contributed by atoms with Gasteiger partial charge < -0.3 is 28.7 Å². The van der Waals surface area contributed by atoms with Crippen molar-refractivity contribution in [3.63, 3.8) is 0 Å². The predicted octanol–water partition coefficient (Wildman–Crippen LogP) is 5.31. The Morgan fingerprint density at radius 2 is 1.40 bits per heavy atom. The Kier molecular flexibility index (Phi) is 18.9. The number of hydrogen-bond acceptors (Lipinski definition) is 11. The minimum Gasteiger partial charge on any atom is -0.464 e. The van der Waals surface area contributed by atoms with Gasteiger partial charge in [0, 0.05) is 43.1 Å². The Labute approximate surface area is 253 Å². The molecule has 2 heterocycles. The van der Waals surface area contributed by atoms with E-state index in [0.29, 0.717) is 25.9 Å².